The van der Waals surface area contributed by atoms with Crippen LogP contribution < -0.4 is 21.3 Å². The van der Waals surface area contributed by atoms with Gasteiger partial charge in [-0.2, -0.15) is 0 Å². The monoisotopic (exact) mass is 578 g/mol. The average Bonchev–Trinajstić information content (AvgIpc) is 2.98. The summed E-state index contributed by atoms with van der Waals surface area (Å²) in [6, 6.07) is 30.2. The quantitative estimate of drug-likeness (QED) is 0.134. The van der Waals surface area contributed by atoms with Gasteiger partial charge in [0.15, 0.2) is 0 Å². The molecule has 4 N–H and O–H groups in total. The van der Waals surface area contributed by atoms with Crippen molar-refractivity contribution in [3.8, 4) is 0 Å². The number of carbonyl (C=O) groups is 4. The molecule has 8 nitrogen and oxygen atoms in total. The predicted molar refractivity (Wildman–Crippen MR) is 168 cm³/mol. The molecular weight excluding hydrogens is 548 g/mol. The minimum atomic E-state index is -0.481. The number of anilines is 3. The van der Waals surface area contributed by atoms with Crippen LogP contribution >= 0.6 is 11.8 Å². The molecule has 0 saturated carbocycles. The van der Waals surface area contributed by atoms with E-state index in [1.54, 1.807) is 72.8 Å². The Balaban J connectivity index is 1.41. The lowest BCUT2D eigenvalue weighted by Gasteiger charge is -2.13. The van der Waals surface area contributed by atoms with Crippen molar-refractivity contribution in [1.29, 1.82) is 0 Å². The molecule has 0 radical (unpaired) electrons. The van der Waals surface area contributed by atoms with Crippen molar-refractivity contribution >= 4 is 58.5 Å². The molecule has 0 aliphatic carbocycles. The molecule has 0 heterocycles. The fraction of sp³-hybridized carbons (Fsp3) is 0.0909. The van der Waals surface area contributed by atoms with E-state index in [4.69, 9.17) is 0 Å². The molecular formula is C33H30N4O4S. The smallest absolute Gasteiger partial charge is 0.272 e. The first-order valence-corrected chi connectivity index (χ1v) is 14.1. The maximum Gasteiger partial charge on any atom is 0.272 e. The van der Waals surface area contributed by atoms with Crippen LogP contribution in [-0.4, -0.2) is 29.4 Å². The van der Waals surface area contributed by atoms with Crippen LogP contribution in [0.25, 0.3) is 6.08 Å². The highest BCUT2D eigenvalue weighted by molar-refractivity contribution is 8.00. The number of nitrogens with one attached hydrogen (secondary N) is 4. The van der Waals surface area contributed by atoms with E-state index >= 15 is 0 Å². The number of benzene rings is 4. The fourth-order valence-corrected chi connectivity index (χ4v) is 4.65. The molecule has 9 heteroatoms. The summed E-state index contributed by atoms with van der Waals surface area (Å²) in [5, 5.41) is 11.1. The van der Waals surface area contributed by atoms with Crippen LogP contribution in [0.3, 0.4) is 0 Å². The van der Waals surface area contributed by atoms with Crippen molar-refractivity contribution in [3.05, 3.63) is 126 Å². The lowest BCUT2D eigenvalue weighted by atomic mass is 10.1. The zero-order chi connectivity index (χ0) is 29.9. The molecule has 212 valence electrons. The average molecular weight is 579 g/mol. The number of aryl methyl sites for hydroxylation is 1. The summed E-state index contributed by atoms with van der Waals surface area (Å²) < 4.78 is 0. The predicted octanol–water partition coefficient (Wildman–Crippen LogP) is 6.09. The lowest BCUT2D eigenvalue weighted by molar-refractivity contribution is -0.114. The molecule has 0 unspecified atom stereocenters. The first-order valence-electron chi connectivity index (χ1n) is 13.1. The highest BCUT2D eigenvalue weighted by atomic mass is 32.2. The normalized spacial score (nSPS) is 10.9. The zero-order valence-corrected chi connectivity index (χ0v) is 24.0. The third-order valence-corrected chi connectivity index (χ3v) is 6.96. The van der Waals surface area contributed by atoms with E-state index in [0.717, 1.165) is 16.0 Å². The summed E-state index contributed by atoms with van der Waals surface area (Å²) in [6.07, 6.45) is 1.65. The molecule has 0 aliphatic heterocycles. The molecule has 0 bridgehead atoms. The van der Waals surface area contributed by atoms with E-state index in [1.165, 1.54) is 18.7 Å². The Bertz CT molecular complexity index is 1620. The number of hydrogen-bond donors (Lipinski definition) is 4. The largest absolute Gasteiger partial charge is 0.326 e. The maximum absolute atomic E-state index is 13.4. The van der Waals surface area contributed by atoms with E-state index in [9.17, 15) is 19.2 Å². The second-order valence-corrected chi connectivity index (χ2v) is 10.4. The SMILES string of the molecule is CC(=O)Nc1ccc(NC(=O)CSc2cccc(NC(=O)/C(=C/c3ccccc3C)NC(=O)c3ccccc3)c2)cc1. The first-order chi connectivity index (χ1) is 20.3. The van der Waals surface area contributed by atoms with Gasteiger partial charge in [0.1, 0.15) is 5.70 Å². The molecule has 0 aromatic heterocycles. The van der Waals surface area contributed by atoms with Gasteiger partial charge in [0.2, 0.25) is 11.8 Å². The second kappa shape index (κ2) is 14.5. The topological polar surface area (TPSA) is 116 Å². The highest BCUT2D eigenvalue weighted by Gasteiger charge is 2.16. The van der Waals surface area contributed by atoms with Crippen LogP contribution in [0.5, 0.6) is 0 Å². The van der Waals surface area contributed by atoms with Crippen molar-refractivity contribution in [3.63, 3.8) is 0 Å². The molecule has 0 saturated heterocycles. The molecule has 0 atom stereocenters. The number of hydrogen-bond acceptors (Lipinski definition) is 5. The molecule has 42 heavy (non-hydrogen) atoms. The van der Waals surface area contributed by atoms with Gasteiger partial charge in [-0.05, 0) is 78.7 Å². The van der Waals surface area contributed by atoms with Crippen LogP contribution in [0.2, 0.25) is 0 Å². The van der Waals surface area contributed by atoms with E-state index in [1.807, 2.05) is 43.3 Å². The maximum atomic E-state index is 13.4. The number of carbonyl (C=O) groups excluding carboxylic acids is 4. The Labute approximate surface area is 248 Å². The van der Waals surface area contributed by atoms with Gasteiger partial charge in [-0.3, -0.25) is 19.2 Å². The Kier molecular flexibility index (Phi) is 10.3. The molecule has 0 aliphatic rings. The minimum absolute atomic E-state index is 0.0973. The number of rotatable bonds is 10. The van der Waals surface area contributed by atoms with Crippen LogP contribution in [0, 0.1) is 6.92 Å². The van der Waals surface area contributed by atoms with E-state index in [-0.39, 0.29) is 23.3 Å². The molecule has 4 aromatic carbocycles. The van der Waals surface area contributed by atoms with Crippen molar-refractivity contribution in [2.75, 3.05) is 21.7 Å². The molecule has 4 rings (SSSR count). The van der Waals surface area contributed by atoms with Crippen molar-refractivity contribution in [1.82, 2.24) is 5.32 Å². The van der Waals surface area contributed by atoms with Gasteiger partial charge in [-0.15, -0.1) is 11.8 Å². The van der Waals surface area contributed by atoms with E-state index in [2.05, 4.69) is 21.3 Å². The van der Waals surface area contributed by atoms with Crippen LogP contribution in [-0.2, 0) is 14.4 Å². The Morgan fingerprint density at radius 3 is 2.07 bits per heavy atom. The third-order valence-electron chi connectivity index (χ3n) is 5.97. The molecule has 0 fully saturated rings. The molecule has 0 spiro atoms. The summed E-state index contributed by atoms with van der Waals surface area (Å²) in [4.78, 5) is 50.7. The highest BCUT2D eigenvalue weighted by Crippen LogP contribution is 2.23. The minimum Gasteiger partial charge on any atom is -0.326 e. The van der Waals surface area contributed by atoms with Gasteiger partial charge in [0.25, 0.3) is 11.8 Å². The van der Waals surface area contributed by atoms with Crippen LogP contribution in [0.15, 0.2) is 114 Å². The standard InChI is InChI=1S/C33H30N4O4S/c1-22-9-6-7-12-25(22)19-30(37-32(40)24-10-4-3-5-11-24)33(41)36-28-13-8-14-29(20-28)42-21-31(39)35-27-17-15-26(16-18-27)34-23(2)38/h3-20H,21H2,1-2H3,(H,34,38)(H,35,39)(H,36,41)(H,37,40)/b30-19-. The Hall–Kier alpha value is -5.15. The fourth-order valence-electron chi connectivity index (χ4n) is 3.89. The second-order valence-electron chi connectivity index (χ2n) is 9.31. The summed E-state index contributed by atoms with van der Waals surface area (Å²) >= 11 is 1.32. The van der Waals surface area contributed by atoms with Gasteiger partial charge >= 0.3 is 0 Å². The van der Waals surface area contributed by atoms with Crippen molar-refractivity contribution in [2.45, 2.75) is 18.7 Å². The first kappa shape index (κ1) is 29.8. The number of amides is 4. The third kappa shape index (κ3) is 8.94. The Morgan fingerprint density at radius 1 is 0.714 bits per heavy atom. The molecule has 4 aromatic rings. The van der Waals surface area contributed by atoms with Crippen LogP contribution in [0.1, 0.15) is 28.4 Å². The molecule has 4 amide bonds. The Morgan fingerprint density at radius 2 is 1.38 bits per heavy atom. The van der Waals surface area contributed by atoms with Gasteiger partial charge in [-0.1, -0.05) is 48.5 Å². The van der Waals surface area contributed by atoms with Crippen molar-refractivity contribution in [2.24, 2.45) is 0 Å². The summed E-state index contributed by atoms with van der Waals surface area (Å²) in [5.74, 6) is -1.10. The van der Waals surface area contributed by atoms with E-state index < -0.39 is 11.8 Å². The summed E-state index contributed by atoms with van der Waals surface area (Å²) in [7, 11) is 0. The zero-order valence-electron chi connectivity index (χ0n) is 23.1. The van der Waals surface area contributed by atoms with Gasteiger partial charge in [0.05, 0.1) is 5.75 Å². The number of thioether (sulfide) groups is 1. The van der Waals surface area contributed by atoms with Crippen molar-refractivity contribution < 1.29 is 19.2 Å². The summed E-state index contributed by atoms with van der Waals surface area (Å²) in [5.41, 5.74) is 4.06. The van der Waals surface area contributed by atoms with Gasteiger partial charge < -0.3 is 21.3 Å². The summed E-state index contributed by atoms with van der Waals surface area (Å²) in [6.45, 7) is 3.36. The van der Waals surface area contributed by atoms with Crippen LogP contribution in [0.4, 0.5) is 17.1 Å². The van der Waals surface area contributed by atoms with E-state index in [0.29, 0.717) is 22.6 Å². The lowest BCUT2D eigenvalue weighted by Crippen LogP contribution is -2.30. The van der Waals surface area contributed by atoms with Gasteiger partial charge in [0, 0.05) is 34.4 Å². The van der Waals surface area contributed by atoms with Gasteiger partial charge in [-0.25, -0.2) is 0 Å².